The van der Waals surface area contributed by atoms with Crippen LogP contribution in [-0.4, -0.2) is 11.8 Å². The van der Waals surface area contributed by atoms with E-state index in [-0.39, 0.29) is 0 Å². The van der Waals surface area contributed by atoms with Crippen molar-refractivity contribution >= 4 is 46.4 Å². The summed E-state index contributed by atoms with van der Waals surface area (Å²) < 4.78 is 0. The summed E-state index contributed by atoms with van der Waals surface area (Å²) in [6.07, 6.45) is 0. The molecule has 2 aromatic rings. The van der Waals surface area contributed by atoms with Gasteiger partial charge in [-0.3, -0.25) is 9.59 Å². The van der Waals surface area contributed by atoms with Crippen LogP contribution in [0, 0.1) is 6.92 Å². The molecule has 2 aromatic carbocycles. The zero-order valence-electron chi connectivity index (χ0n) is 11.1. The van der Waals surface area contributed by atoms with E-state index in [1.807, 2.05) is 0 Å². The average molecular weight is 323 g/mol. The molecular formula is C15H12Cl2N2O2. The minimum absolute atomic E-state index is 0.454. The maximum absolute atomic E-state index is 11.8. The predicted molar refractivity (Wildman–Crippen MR) is 84.9 cm³/mol. The van der Waals surface area contributed by atoms with Crippen molar-refractivity contribution in [2.45, 2.75) is 6.92 Å². The third kappa shape index (κ3) is 4.21. The van der Waals surface area contributed by atoms with Gasteiger partial charge in [-0.25, -0.2) is 0 Å². The van der Waals surface area contributed by atoms with Crippen LogP contribution in [0.5, 0.6) is 0 Å². The number of carbonyl (C=O) groups excluding carboxylic acids is 2. The van der Waals surface area contributed by atoms with Crippen molar-refractivity contribution in [3.05, 3.63) is 58.1 Å². The van der Waals surface area contributed by atoms with Crippen LogP contribution >= 0.6 is 23.2 Å². The van der Waals surface area contributed by atoms with Gasteiger partial charge in [0.2, 0.25) is 0 Å². The molecule has 0 spiro atoms. The fraction of sp³-hybridized carbons (Fsp3) is 0.0667. The highest BCUT2D eigenvalue weighted by Gasteiger charge is 2.15. The topological polar surface area (TPSA) is 58.2 Å². The molecule has 21 heavy (non-hydrogen) atoms. The molecule has 0 aliphatic rings. The van der Waals surface area contributed by atoms with E-state index in [0.717, 1.165) is 5.56 Å². The average Bonchev–Trinajstić information content (AvgIpc) is 2.41. The first-order valence-corrected chi connectivity index (χ1v) is 6.85. The van der Waals surface area contributed by atoms with E-state index >= 15 is 0 Å². The van der Waals surface area contributed by atoms with Gasteiger partial charge in [0, 0.05) is 21.4 Å². The van der Waals surface area contributed by atoms with Crippen molar-refractivity contribution < 1.29 is 9.59 Å². The lowest BCUT2D eigenvalue weighted by Gasteiger charge is -2.09. The Morgan fingerprint density at radius 3 is 2.24 bits per heavy atom. The number of carbonyl (C=O) groups is 2. The number of hydrogen-bond donors (Lipinski definition) is 2. The maximum atomic E-state index is 11.8. The van der Waals surface area contributed by atoms with Crippen LogP contribution in [0.1, 0.15) is 5.56 Å². The zero-order valence-corrected chi connectivity index (χ0v) is 12.6. The highest BCUT2D eigenvalue weighted by atomic mass is 35.5. The number of rotatable bonds is 2. The molecule has 4 nitrogen and oxygen atoms in total. The van der Waals surface area contributed by atoms with Gasteiger partial charge in [-0.1, -0.05) is 29.3 Å². The summed E-state index contributed by atoms with van der Waals surface area (Å²) in [5, 5.41) is 6.04. The molecule has 0 aromatic heterocycles. The van der Waals surface area contributed by atoms with E-state index < -0.39 is 11.8 Å². The van der Waals surface area contributed by atoms with Gasteiger partial charge in [-0.15, -0.1) is 0 Å². The Hall–Kier alpha value is -2.04. The Labute approximate surface area is 132 Å². The smallest absolute Gasteiger partial charge is 0.314 e. The second-order valence-electron chi connectivity index (χ2n) is 4.38. The van der Waals surface area contributed by atoms with Gasteiger partial charge in [0.25, 0.3) is 0 Å². The molecule has 0 heterocycles. The predicted octanol–water partition coefficient (Wildman–Crippen LogP) is 3.88. The van der Waals surface area contributed by atoms with Crippen molar-refractivity contribution in [3.63, 3.8) is 0 Å². The molecule has 0 unspecified atom stereocenters. The lowest BCUT2D eigenvalue weighted by molar-refractivity contribution is -0.133. The summed E-state index contributed by atoms with van der Waals surface area (Å²) in [6.45, 7) is 1.79. The molecule has 2 amide bonds. The van der Waals surface area contributed by atoms with E-state index in [1.54, 1.807) is 49.4 Å². The number of halogens is 2. The Balaban J connectivity index is 2.04. The Kier molecular flexibility index (Phi) is 4.83. The molecule has 6 heteroatoms. The van der Waals surface area contributed by atoms with Gasteiger partial charge in [0.05, 0.1) is 0 Å². The third-order valence-electron chi connectivity index (χ3n) is 2.73. The van der Waals surface area contributed by atoms with Crippen LogP contribution in [0.4, 0.5) is 11.4 Å². The van der Waals surface area contributed by atoms with Crippen LogP contribution < -0.4 is 10.6 Å². The highest BCUT2D eigenvalue weighted by molar-refractivity contribution is 6.44. The van der Waals surface area contributed by atoms with Gasteiger partial charge in [-0.2, -0.15) is 0 Å². The first-order chi connectivity index (χ1) is 9.95. The fourth-order valence-electron chi connectivity index (χ4n) is 1.70. The summed E-state index contributed by atoms with van der Waals surface area (Å²) in [6, 6.07) is 11.5. The number of amides is 2. The quantitative estimate of drug-likeness (QED) is 0.824. The second-order valence-corrected chi connectivity index (χ2v) is 5.25. The molecule has 108 valence electrons. The van der Waals surface area contributed by atoms with Crippen LogP contribution in [0.2, 0.25) is 10.0 Å². The number of aryl methyl sites for hydroxylation is 1. The van der Waals surface area contributed by atoms with Crippen LogP contribution in [0.3, 0.4) is 0 Å². The number of anilines is 2. The summed E-state index contributed by atoms with van der Waals surface area (Å²) >= 11 is 11.6. The van der Waals surface area contributed by atoms with E-state index in [0.29, 0.717) is 21.4 Å². The second kappa shape index (κ2) is 6.61. The molecule has 2 rings (SSSR count). The van der Waals surface area contributed by atoms with Gasteiger partial charge in [0.1, 0.15) is 0 Å². The van der Waals surface area contributed by atoms with Crippen LogP contribution in [0.15, 0.2) is 42.5 Å². The molecule has 0 aliphatic heterocycles. The van der Waals surface area contributed by atoms with E-state index in [9.17, 15) is 9.59 Å². The van der Waals surface area contributed by atoms with Crippen molar-refractivity contribution in [3.8, 4) is 0 Å². The molecule has 0 fully saturated rings. The third-order valence-corrected chi connectivity index (χ3v) is 3.20. The van der Waals surface area contributed by atoms with E-state index in [2.05, 4.69) is 10.6 Å². The molecule has 0 saturated carbocycles. The standard InChI is InChI=1S/C15H12Cl2N2O2/c1-9-7-11(17)5-6-13(9)19-15(21)14(20)18-12-4-2-3-10(16)8-12/h2-8H,1H3,(H,18,20)(H,19,21). The normalized spacial score (nSPS) is 10.0. The highest BCUT2D eigenvalue weighted by Crippen LogP contribution is 2.20. The Morgan fingerprint density at radius 2 is 1.57 bits per heavy atom. The summed E-state index contributed by atoms with van der Waals surface area (Å²) in [7, 11) is 0. The number of benzene rings is 2. The lowest BCUT2D eigenvalue weighted by Crippen LogP contribution is -2.29. The van der Waals surface area contributed by atoms with Crippen molar-refractivity contribution in [2.24, 2.45) is 0 Å². The lowest BCUT2D eigenvalue weighted by atomic mass is 10.2. The first-order valence-electron chi connectivity index (χ1n) is 6.10. The zero-order chi connectivity index (χ0) is 15.4. The fourth-order valence-corrected chi connectivity index (χ4v) is 2.12. The van der Waals surface area contributed by atoms with E-state index in [4.69, 9.17) is 23.2 Å². The minimum atomic E-state index is -0.772. The minimum Gasteiger partial charge on any atom is -0.318 e. The van der Waals surface area contributed by atoms with Crippen LogP contribution in [-0.2, 0) is 9.59 Å². The molecule has 2 N–H and O–H groups in total. The largest absolute Gasteiger partial charge is 0.318 e. The SMILES string of the molecule is Cc1cc(Cl)ccc1NC(=O)C(=O)Nc1cccc(Cl)c1. The van der Waals surface area contributed by atoms with Gasteiger partial charge in [-0.05, 0) is 48.9 Å². The van der Waals surface area contributed by atoms with Gasteiger partial charge in [0.15, 0.2) is 0 Å². The summed E-state index contributed by atoms with van der Waals surface area (Å²) in [4.78, 5) is 23.7. The Morgan fingerprint density at radius 1 is 0.905 bits per heavy atom. The monoisotopic (exact) mass is 322 g/mol. The van der Waals surface area contributed by atoms with Gasteiger partial charge < -0.3 is 10.6 Å². The van der Waals surface area contributed by atoms with E-state index in [1.165, 1.54) is 0 Å². The Bertz CT molecular complexity index is 702. The van der Waals surface area contributed by atoms with Crippen molar-refractivity contribution in [1.29, 1.82) is 0 Å². The molecule has 0 radical (unpaired) electrons. The molecule has 0 bridgehead atoms. The number of nitrogens with one attached hydrogen (secondary N) is 2. The van der Waals surface area contributed by atoms with Crippen LogP contribution in [0.25, 0.3) is 0 Å². The van der Waals surface area contributed by atoms with Crippen molar-refractivity contribution in [1.82, 2.24) is 0 Å². The van der Waals surface area contributed by atoms with Crippen molar-refractivity contribution in [2.75, 3.05) is 10.6 Å². The molecule has 0 saturated heterocycles. The first kappa shape index (κ1) is 15.4. The molecule has 0 aliphatic carbocycles. The summed E-state index contributed by atoms with van der Waals surface area (Å²) in [5.41, 5.74) is 1.76. The summed E-state index contributed by atoms with van der Waals surface area (Å²) in [5.74, 6) is -1.54. The maximum Gasteiger partial charge on any atom is 0.314 e. The number of hydrogen-bond acceptors (Lipinski definition) is 2. The molecule has 0 atom stereocenters. The van der Waals surface area contributed by atoms with Gasteiger partial charge >= 0.3 is 11.8 Å². The molecular weight excluding hydrogens is 311 g/mol.